The monoisotopic (exact) mass is 512 g/mol. The predicted molar refractivity (Wildman–Crippen MR) is 122 cm³/mol. The van der Waals surface area contributed by atoms with Gasteiger partial charge in [-0.05, 0) is 32.8 Å². The van der Waals surface area contributed by atoms with Crippen molar-refractivity contribution in [1.82, 2.24) is 29.2 Å². The first-order valence-corrected chi connectivity index (χ1v) is 13.4. The van der Waals surface area contributed by atoms with Crippen molar-refractivity contribution < 1.29 is 32.4 Å². The summed E-state index contributed by atoms with van der Waals surface area (Å²) in [6.45, 7) is 3.82. The largest absolute Gasteiger partial charge is 0.540 e. The van der Waals surface area contributed by atoms with Crippen LogP contribution >= 0.6 is 15.5 Å². The van der Waals surface area contributed by atoms with Crippen LogP contribution in [0.15, 0.2) is 24.3 Å². The lowest BCUT2D eigenvalue weighted by atomic mass is 10.2. The van der Waals surface area contributed by atoms with Crippen molar-refractivity contribution >= 4 is 26.6 Å². The normalized spacial score (nSPS) is 14.0. The van der Waals surface area contributed by atoms with Crippen LogP contribution in [-0.2, 0) is 18.5 Å². The molecule has 1 unspecified atom stereocenters. The Morgan fingerprint density at radius 3 is 2.33 bits per heavy atom. The molecule has 0 saturated heterocycles. The lowest BCUT2D eigenvalue weighted by Gasteiger charge is -2.44. The van der Waals surface area contributed by atoms with Crippen LogP contribution in [0.4, 0.5) is 9.05 Å². The van der Waals surface area contributed by atoms with Crippen molar-refractivity contribution in [2.75, 3.05) is 42.0 Å². The van der Waals surface area contributed by atoms with Crippen LogP contribution in [0.25, 0.3) is 11.0 Å². The third kappa shape index (κ3) is 6.23. The summed E-state index contributed by atoms with van der Waals surface area (Å²) < 4.78 is 55.6. The van der Waals surface area contributed by atoms with E-state index in [2.05, 4.69) is 26.7 Å². The van der Waals surface area contributed by atoms with Gasteiger partial charge in [-0.3, -0.25) is 0 Å². The van der Waals surface area contributed by atoms with Crippen LogP contribution in [-0.4, -0.2) is 77.0 Å². The first-order valence-electron chi connectivity index (χ1n) is 10.2. The molecule has 1 heterocycles. The SMILES string of the molecule is [CH2-]CCCCC(OP(=O)(OF)OF)[P+](N(C)C)(N(C)C)N(C)COn1nnc2ccccc21. The maximum atomic E-state index is 12.9. The molecule has 0 fully saturated rings. The van der Waals surface area contributed by atoms with Gasteiger partial charge in [-0.25, -0.2) is 9.09 Å². The number of halogens is 2. The highest BCUT2D eigenvalue weighted by molar-refractivity contribution is 7.69. The van der Waals surface area contributed by atoms with Crippen molar-refractivity contribution in [2.45, 2.75) is 31.5 Å². The molecule has 1 aromatic carbocycles. The average Bonchev–Trinajstić information content (AvgIpc) is 3.20. The molecule has 0 aliphatic rings. The summed E-state index contributed by atoms with van der Waals surface area (Å²) >= 11 is 0. The highest BCUT2D eigenvalue weighted by Crippen LogP contribution is 2.72. The second-order valence-corrected chi connectivity index (χ2v) is 13.1. The Hall–Kier alpha value is -1.30. The van der Waals surface area contributed by atoms with Crippen molar-refractivity contribution in [2.24, 2.45) is 0 Å². The first kappa shape index (κ1) is 27.9. The molecule has 0 radical (unpaired) electrons. The molecule has 1 aromatic heterocycles. The highest BCUT2D eigenvalue weighted by Gasteiger charge is 2.60. The predicted octanol–water partition coefficient (Wildman–Crippen LogP) is 4.28. The standard InChI is InChI=1S/C18H32F2N6O5P2/c1-7-8-9-14-18(29-33(27,30-19)31-20)32(23(2)3,24(4)5)25(6)15-28-26-17-13-11-10-12-16(17)21-22-26/h10-13,18H,1,7-9,14-15H2,2-6H3. The van der Waals surface area contributed by atoms with Crippen LogP contribution in [0.3, 0.4) is 0 Å². The highest BCUT2D eigenvalue weighted by atomic mass is 31.2. The van der Waals surface area contributed by atoms with Gasteiger partial charge in [0.2, 0.25) is 12.6 Å². The molecule has 0 spiro atoms. The van der Waals surface area contributed by atoms with Gasteiger partial charge in [0.15, 0.2) is 0 Å². The topological polar surface area (TPSA) is 94.4 Å². The molecule has 0 aliphatic carbocycles. The Balaban J connectivity index is 2.39. The van der Waals surface area contributed by atoms with Gasteiger partial charge in [0.05, 0.1) is 0 Å². The summed E-state index contributed by atoms with van der Waals surface area (Å²) in [5.41, 5.74) is 1.34. The van der Waals surface area contributed by atoms with E-state index in [9.17, 15) is 13.6 Å². The summed E-state index contributed by atoms with van der Waals surface area (Å²) in [5, 5.41) is 8.07. The van der Waals surface area contributed by atoms with Gasteiger partial charge in [0, 0.05) is 41.7 Å². The zero-order chi connectivity index (χ0) is 24.6. The van der Waals surface area contributed by atoms with E-state index in [1.807, 2.05) is 32.2 Å². The fourth-order valence-electron chi connectivity index (χ4n) is 3.85. The van der Waals surface area contributed by atoms with Crippen LogP contribution < -0.4 is 4.84 Å². The Labute approximate surface area is 193 Å². The summed E-state index contributed by atoms with van der Waals surface area (Å²) in [7, 11) is 1.10. The molecular formula is C18H32F2N6O5P2. The van der Waals surface area contributed by atoms with Gasteiger partial charge >= 0.3 is 7.82 Å². The van der Waals surface area contributed by atoms with Crippen LogP contribution in [0.5, 0.6) is 0 Å². The minimum atomic E-state index is -5.07. The third-order valence-corrected chi connectivity index (χ3v) is 10.8. The van der Waals surface area contributed by atoms with E-state index in [0.717, 1.165) is 6.42 Å². The van der Waals surface area contributed by atoms with Crippen molar-refractivity contribution in [3.63, 3.8) is 0 Å². The molecule has 0 amide bonds. The molecule has 0 saturated carbocycles. The second kappa shape index (κ2) is 12.4. The number of rotatable bonds is 15. The molecule has 0 N–H and O–H groups in total. The second-order valence-electron chi connectivity index (χ2n) is 7.67. The van der Waals surface area contributed by atoms with E-state index in [1.165, 1.54) is 4.85 Å². The van der Waals surface area contributed by atoms with E-state index in [0.29, 0.717) is 30.3 Å². The van der Waals surface area contributed by atoms with Crippen molar-refractivity contribution in [3.8, 4) is 0 Å². The van der Waals surface area contributed by atoms with Crippen LogP contribution in [0, 0.1) is 6.92 Å². The van der Waals surface area contributed by atoms with Crippen molar-refractivity contribution in [1.29, 1.82) is 0 Å². The van der Waals surface area contributed by atoms with Gasteiger partial charge in [-0.2, -0.15) is 15.8 Å². The fourth-order valence-corrected chi connectivity index (χ4v) is 9.35. The van der Waals surface area contributed by atoms with Gasteiger partial charge in [0.1, 0.15) is 11.0 Å². The molecule has 2 aromatic rings. The number of nitrogens with zero attached hydrogens (tertiary/aromatic N) is 6. The summed E-state index contributed by atoms with van der Waals surface area (Å²) in [5.74, 6) is -0.951. The molecule has 33 heavy (non-hydrogen) atoms. The lowest BCUT2D eigenvalue weighted by molar-refractivity contribution is -0.121. The van der Waals surface area contributed by atoms with Crippen molar-refractivity contribution in [3.05, 3.63) is 31.2 Å². The summed E-state index contributed by atoms with van der Waals surface area (Å²) in [6.07, 6.45) is 2.33. The summed E-state index contributed by atoms with van der Waals surface area (Å²) in [6, 6.07) is 7.30. The smallest absolute Gasteiger partial charge is 0.375 e. The third-order valence-electron chi connectivity index (χ3n) is 5.13. The van der Waals surface area contributed by atoms with E-state index >= 15 is 0 Å². The number of unbranched alkanes of at least 4 members (excludes halogenated alkanes) is 2. The average molecular weight is 512 g/mol. The summed E-state index contributed by atoms with van der Waals surface area (Å²) in [4.78, 5) is 7.18. The first-order chi connectivity index (χ1) is 15.7. The molecule has 0 aliphatic heterocycles. The molecule has 15 heteroatoms. The maximum Gasteiger partial charge on any atom is 0.540 e. The minimum absolute atomic E-state index is 0.00392. The molecule has 2 rings (SSSR count). The van der Waals surface area contributed by atoms with Gasteiger partial charge < -0.3 is 11.8 Å². The number of hydrogen-bond donors (Lipinski definition) is 0. The molecule has 11 nitrogen and oxygen atoms in total. The lowest BCUT2D eigenvalue weighted by Crippen LogP contribution is -2.46. The van der Waals surface area contributed by atoms with Gasteiger partial charge in [-0.15, -0.1) is 9.77 Å². The Morgan fingerprint density at radius 1 is 1.12 bits per heavy atom. The van der Waals surface area contributed by atoms with Gasteiger partial charge in [0.25, 0.3) is 7.71 Å². The molecular weight excluding hydrogens is 480 g/mol. The van der Waals surface area contributed by atoms with E-state index in [-0.39, 0.29) is 6.73 Å². The molecule has 1 atom stereocenters. The number of para-hydroxylation sites is 1. The zero-order valence-corrected chi connectivity index (χ0v) is 21.3. The van der Waals surface area contributed by atoms with Gasteiger partial charge in [-0.1, -0.05) is 32.9 Å². The van der Waals surface area contributed by atoms with E-state index in [1.54, 1.807) is 41.3 Å². The Kier molecular flexibility index (Phi) is 10.5. The number of phosphoric acid groups is 1. The van der Waals surface area contributed by atoms with Crippen LogP contribution in [0.2, 0.25) is 0 Å². The quantitative estimate of drug-likeness (QED) is 0.149. The Morgan fingerprint density at radius 2 is 1.76 bits per heavy atom. The number of benzene rings is 1. The fraction of sp³-hybridized carbons (Fsp3) is 0.611. The molecule has 0 bridgehead atoms. The maximum absolute atomic E-state index is 12.9. The van der Waals surface area contributed by atoms with E-state index < -0.39 is 21.4 Å². The number of aromatic nitrogens is 3. The zero-order valence-electron chi connectivity index (χ0n) is 19.5. The number of fused-ring (bicyclic) bond motifs is 1. The minimum Gasteiger partial charge on any atom is -0.375 e. The Bertz CT molecular complexity index is 905. The van der Waals surface area contributed by atoms with Crippen LogP contribution in [0.1, 0.15) is 25.7 Å². The molecule has 188 valence electrons. The number of hydrogen-bond acceptors (Lipinski definition) is 10. The van der Waals surface area contributed by atoms with E-state index in [4.69, 9.17) is 9.36 Å².